The third-order valence-corrected chi connectivity index (χ3v) is 17.3. The summed E-state index contributed by atoms with van der Waals surface area (Å²) in [5.74, 6) is 2.62. The zero-order chi connectivity index (χ0) is 62.3. The number of anilines is 2. The highest BCUT2D eigenvalue weighted by molar-refractivity contribution is 7.53. The van der Waals surface area contributed by atoms with Crippen molar-refractivity contribution in [3.8, 4) is 11.5 Å². The molecule has 0 saturated carbocycles. The van der Waals surface area contributed by atoms with Crippen molar-refractivity contribution < 1.29 is 46.9 Å². The lowest BCUT2D eigenvalue weighted by Crippen LogP contribution is -2.38. The van der Waals surface area contributed by atoms with Crippen LogP contribution in [-0.4, -0.2) is 101 Å². The van der Waals surface area contributed by atoms with Gasteiger partial charge >= 0.3 is 15.2 Å². The molecule has 0 saturated heterocycles. The van der Waals surface area contributed by atoms with Crippen LogP contribution in [0.25, 0.3) is 22.3 Å². The van der Waals surface area contributed by atoms with Crippen molar-refractivity contribution >= 4 is 49.2 Å². The zero-order valence-electron chi connectivity index (χ0n) is 50.7. The van der Waals surface area contributed by atoms with E-state index in [1.807, 2.05) is 153 Å². The number of benzene rings is 6. The molecule has 20 nitrogen and oxygen atoms in total. The van der Waals surface area contributed by atoms with Gasteiger partial charge in [-0.2, -0.15) is 0 Å². The Bertz CT molecular complexity index is 3800. The van der Waals surface area contributed by atoms with Crippen LogP contribution in [0.2, 0.25) is 0 Å². The van der Waals surface area contributed by atoms with Gasteiger partial charge in [-0.1, -0.05) is 159 Å². The normalized spacial score (nSPS) is 12.9. The average molecular weight is 1230 g/mol. The molecule has 0 aliphatic rings. The lowest BCUT2D eigenvalue weighted by atomic mass is 9.77. The third-order valence-electron chi connectivity index (χ3n) is 14.8. The molecule has 4 aromatic heterocycles. The molecule has 0 aliphatic carbocycles. The van der Waals surface area contributed by atoms with Crippen molar-refractivity contribution in [1.29, 1.82) is 0 Å². The summed E-state index contributed by atoms with van der Waals surface area (Å²) in [7, 11) is -4.41. The molecule has 88 heavy (non-hydrogen) atoms. The van der Waals surface area contributed by atoms with Crippen LogP contribution in [0.4, 0.5) is 11.6 Å². The summed E-state index contributed by atoms with van der Waals surface area (Å²) in [6.45, 7) is 11.7. The summed E-state index contributed by atoms with van der Waals surface area (Å²) < 4.78 is 62.1. The summed E-state index contributed by atoms with van der Waals surface area (Å²) in [4.78, 5) is 46.4. The minimum atomic E-state index is -4.27. The Morgan fingerprint density at radius 1 is 0.466 bits per heavy atom. The Balaban J connectivity index is 0.000000211. The van der Waals surface area contributed by atoms with Gasteiger partial charge in [0.05, 0.1) is 64.4 Å². The number of nitrogens with one attached hydrogen (secondary N) is 2. The molecule has 0 fully saturated rings. The number of hydrogen-bond acceptors (Lipinski definition) is 16. The Labute approximate surface area is 513 Å². The monoisotopic (exact) mass is 1230 g/mol. The van der Waals surface area contributed by atoms with Crippen LogP contribution >= 0.6 is 15.2 Å². The highest BCUT2D eigenvalue weighted by atomic mass is 31.2. The van der Waals surface area contributed by atoms with Gasteiger partial charge in [-0.25, -0.2) is 29.9 Å². The maximum Gasteiger partial charge on any atom is 0.356 e. The highest BCUT2D eigenvalue weighted by Crippen LogP contribution is 2.51. The van der Waals surface area contributed by atoms with E-state index in [-0.39, 0.29) is 43.9 Å². The van der Waals surface area contributed by atoms with Crippen LogP contribution in [0, 0.1) is 0 Å². The minimum Gasteiger partial charge on any atom is -0.497 e. The number of ether oxygens (including phenoxy) is 4. The van der Waals surface area contributed by atoms with Crippen LogP contribution in [0.5, 0.6) is 11.5 Å². The minimum absolute atomic E-state index is 0.101. The van der Waals surface area contributed by atoms with Gasteiger partial charge in [-0.15, -0.1) is 0 Å². The van der Waals surface area contributed by atoms with Crippen LogP contribution in [-0.2, 0) is 38.7 Å². The second-order valence-corrected chi connectivity index (χ2v) is 25.0. The van der Waals surface area contributed by atoms with Crippen LogP contribution in [0.3, 0.4) is 0 Å². The van der Waals surface area contributed by atoms with Crippen LogP contribution in [0.15, 0.2) is 195 Å². The molecule has 2 unspecified atom stereocenters. The molecule has 10 aromatic rings. The molecule has 2 atom stereocenters. The maximum atomic E-state index is 13.3. The Morgan fingerprint density at radius 2 is 0.795 bits per heavy atom. The molecule has 6 aromatic carbocycles. The van der Waals surface area contributed by atoms with Gasteiger partial charge in [-0.05, 0) is 98.2 Å². The van der Waals surface area contributed by atoms with Gasteiger partial charge in [-0.3, -0.25) is 9.13 Å². The second-order valence-electron chi connectivity index (χ2n) is 21.5. The molecule has 0 bridgehead atoms. The van der Waals surface area contributed by atoms with Crippen molar-refractivity contribution in [1.82, 2.24) is 39.0 Å². The number of fused-ring (bicyclic) bond motifs is 2. The van der Waals surface area contributed by atoms with Crippen molar-refractivity contribution in [2.24, 2.45) is 0 Å². The molecular weight excluding hydrogens is 1150 g/mol. The zero-order valence-corrected chi connectivity index (χ0v) is 52.4. The summed E-state index contributed by atoms with van der Waals surface area (Å²) in [6.07, 6.45) is 6.52. The quantitative estimate of drug-likeness (QED) is 0.0263. The highest BCUT2D eigenvalue weighted by Gasteiger charge is 2.40. The van der Waals surface area contributed by atoms with Crippen LogP contribution < -0.4 is 20.1 Å². The number of methoxy groups -OCH3 is 2. The predicted molar refractivity (Wildman–Crippen MR) is 342 cm³/mol. The number of rotatable bonds is 28. The second kappa shape index (κ2) is 29.2. The fraction of sp³-hybridized carbons (Fsp3) is 0.303. The van der Waals surface area contributed by atoms with Gasteiger partial charge in [0, 0.05) is 0 Å². The Hall–Kier alpha value is -8.16. The largest absolute Gasteiger partial charge is 0.497 e. The third kappa shape index (κ3) is 14.9. The summed E-state index contributed by atoms with van der Waals surface area (Å²) in [6, 6.07) is 56.5. The van der Waals surface area contributed by atoms with E-state index in [4.69, 9.17) is 38.0 Å². The Kier molecular flexibility index (Phi) is 21.4. The number of nitrogens with zero attached hydrogens (tertiary/aromatic N) is 8. The number of aromatic nitrogens is 8. The molecule has 0 aliphatic heterocycles. The van der Waals surface area contributed by atoms with E-state index >= 15 is 0 Å². The van der Waals surface area contributed by atoms with E-state index in [0.717, 1.165) is 51.3 Å². The fourth-order valence-corrected chi connectivity index (χ4v) is 12.9. The van der Waals surface area contributed by atoms with Gasteiger partial charge in [0.1, 0.15) is 59.0 Å². The van der Waals surface area contributed by atoms with E-state index in [2.05, 4.69) is 98.2 Å². The first kappa shape index (κ1) is 64.3. The standard InChI is InChI=1S/C36H44N5O5P.C30H32N5O5P/c1-7-31(22-44-25-47(42,45-26(2)3)46-27(4)5)41-24-39-33-34(37-23-38-35(33)41)40-36(28-14-10-8-11-15-28,29-16-12-9-13-17-29)30-18-20-32(43-6)21-19-30;1-3-25(18-40-21-41(36,37)38)35-20-33-27-28(31-19-32-29(27)35)34-30(22-10-6-4-7-11-22,23-12-8-5-9-13-23)24-14-16-26(39-2)17-15-24/h8-21,23-24,26-27,31H,7,22,25H2,1-6H3,(H,37,38,40);4-17,19-20,25H,3,18,21H2,1-2H3,(H,31,32,34)(H2,36,37,38). The molecule has 4 N–H and O–H groups in total. The fourth-order valence-electron chi connectivity index (χ4n) is 10.8. The molecule has 0 radical (unpaired) electrons. The van der Waals surface area contributed by atoms with E-state index in [9.17, 15) is 18.9 Å². The first-order valence-corrected chi connectivity index (χ1v) is 32.7. The topological polar surface area (TPSA) is 241 Å². The van der Waals surface area contributed by atoms with Crippen molar-refractivity contribution in [3.05, 3.63) is 229 Å². The Morgan fingerprint density at radius 3 is 1.10 bits per heavy atom. The van der Waals surface area contributed by atoms with Gasteiger partial charge in [0.15, 0.2) is 22.9 Å². The molecule has 0 spiro atoms. The van der Waals surface area contributed by atoms with Crippen molar-refractivity contribution in [3.63, 3.8) is 0 Å². The van der Waals surface area contributed by atoms with Crippen LogP contribution in [0.1, 0.15) is 99.8 Å². The van der Waals surface area contributed by atoms with Gasteiger partial charge < -0.3 is 57.5 Å². The first-order chi connectivity index (χ1) is 42.5. The maximum absolute atomic E-state index is 13.3. The van der Waals surface area contributed by atoms with Crippen molar-refractivity contribution in [2.75, 3.05) is 50.8 Å². The van der Waals surface area contributed by atoms with E-state index in [1.54, 1.807) is 33.2 Å². The average Bonchev–Trinajstić information content (AvgIpc) is 1.13. The SMILES string of the molecule is CCC(COCP(=O)(O)O)n1cnc2c(NC(c3ccccc3)(c3ccccc3)c3ccc(OC)cc3)ncnc21.CCC(COCP(=O)(OC(C)C)OC(C)C)n1cnc2c(NC(c3ccccc3)(c3ccccc3)c3ccc(OC)cc3)ncnc21. The van der Waals surface area contributed by atoms with Gasteiger partial charge in [0.25, 0.3) is 0 Å². The molecule has 10 rings (SSSR count). The summed E-state index contributed by atoms with van der Waals surface area (Å²) in [5, 5.41) is 7.58. The molecule has 4 heterocycles. The molecule has 22 heteroatoms. The predicted octanol–water partition coefficient (Wildman–Crippen LogP) is 13.5. The lowest BCUT2D eigenvalue weighted by Gasteiger charge is -2.37. The first-order valence-electron chi connectivity index (χ1n) is 29.1. The summed E-state index contributed by atoms with van der Waals surface area (Å²) >= 11 is 0. The number of hydrogen-bond donors (Lipinski definition) is 4. The van der Waals surface area contributed by atoms with E-state index in [0.29, 0.717) is 40.4 Å². The van der Waals surface area contributed by atoms with Crippen molar-refractivity contribution in [2.45, 2.75) is 89.8 Å². The molecular formula is C66H76N10O10P2. The lowest BCUT2D eigenvalue weighted by molar-refractivity contribution is 0.0853. The summed E-state index contributed by atoms with van der Waals surface area (Å²) in [5.41, 5.74) is 6.76. The molecule has 0 amide bonds. The van der Waals surface area contributed by atoms with E-state index in [1.165, 1.54) is 6.33 Å². The van der Waals surface area contributed by atoms with E-state index < -0.39 is 32.6 Å². The smallest absolute Gasteiger partial charge is 0.356 e. The number of imidazole rings is 2. The molecule has 460 valence electrons. The van der Waals surface area contributed by atoms with Gasteiger partial charge in [0.2, 0.25) is 0 Å².